The van der Waals surface area contributed by atoms with E-state index in [0.29, 0.717) is 0 Å². The molecular formula is C46H28O. The van der Waals surface area contributed by atoms with Crippen LogP contribution >= 0.6 is 0 Å². The van der Waals surface area contributed by atoms with Crippen molar-refractivity contribution in [1.82, 2.24) is 0 Å². The van der Waals surface area contributed by atoms with Gasteiger partial charge in [0.15, 0.2) is 0 Å². The first kappa shape index (κ1) is 26.1. The van der Waals surface area contributed by atoms with Crippen LogP contribution < -0.4 is 0 Å². The van der Waals surface area contributed by atoms with E-state index in [2.05, 4.69) is 170 Å². The first-order chi connectivity index (χ1) is 23.3. The van der Waals surface area contributed by atoms with Gasteiger partial charge < -0.3 is 4.42 Å². The number of benzene rings is 9. The van der Waals surface area contributed by atoms with Gasteiger partial charge in [0.1, 0.15) is 11.2 Å². The molecule has 1 heteroatoms. The molecule has 218 valence electrons. The molecule has 0 spiro atoms. The van der Waals surface area contributed by atoms with Crippen molar-refractivity contribution in [2.75, 3.05) is 0 Å². The fraction of sp³-hybridized carbons (Fsp3) is 0. The van der Waals surface area contributed by atoms with Crippen molar-refractivity contribution < 1.29 is 4.42 Å². The highest BCUT2D eigenvalue weighted by Gasteiger charge is 2.22. The van der Waals surface area contributed by atoms with Gasteiger partial charge in [0, 0.05) is 10.8 Å². The summed E-state index contributed by atoms with van der Waals surface area (Å²) in [6.45, 7) is 0. The van der Waals surface area contributed by atoms with Crippen molar-refractivity contribution in [3.63, 3.8) is 0 Å². The van der Waals surface area contributed by atoms with E-state index < -0.39 is 0 Å². The summed E-state index contributed by atoms with van der Waals surface area (Å²) < 4.78 is 6.35. The molecule has 0 fully saturated rings. The zero-order valence-corrected chi connectivity index (χ0v) is 25.6. The van der Waals surface area contributed by atoms with Crippen LogP contribution in [0.3, 0.4) is 0 Å². The lowest BCUT2D eigenvalue weighted by molar-refractivity contribution is 0.669. The molecule has 0 saturated heterocycles. The van der Waals surface area contributed by atoms with Crippen molar-refractivity contribution in [1.29, 1.82) is 0 Å². The first-order valence-corrected chi connectivity index (χ1v) is 16.2. The van der Waals surface area contributed by atoms with Gasteiger partial charge in [-0.15, -0.1) is 0 Å². The Hall–Kier alpha value is -6.18. The molecule has 0 bridgehead atoms. The molecule has 0 aliphatic carbocycles. The van der Waals surface area contributed by atoms with Crippen LogP contribution in [0.5, 0.6) is 0 Å². The lowest BCUT2D eigenvalue weighted by Gasteiger charge is -2.21. The monoisotopic (exact) mass is 596 g/mol. The summed E-state index contributed by atoms with van der Waals surface area (Å²) in [4.78, 5) is 0. The Kier molecular flexibility index (Phi) is 5.64. The van der Waals surface area contributed by atoms with Crippen molar-refractivity contribution in [2.24, 2.45) is 0 Å². The molecule has 0 amide bonds. The van der Waals surface area contributed by atoms with Crippen LogP contribution in [-0.2, 0) is 0 Å². The Labute approximate surface area is 272 Å². The predicted octanol–water partition coefficient (Wildman–Crippen LogP) is 13.2. The summed E-state index contributed by atoms with van der Waals surface area (Å²) >= 11 is 0. The maximum atomic E-state index is 6.35. The third-order valence-corrected chi connectivity index (χ3v) is 9.83. The van der Waals surface area contributed by atoms with Crippen LogP contribution in [-0.4, -0.2) is 0 Å². The molecule has 10 aromatic rings. The Morgan fingerprint density at radius 3 is 1.49 bits per heavy atom. The molecule has 0 N–H and O–H groups in total. The SMILES string of the molecule is c1ccc(-c2ccc(-c3c4ccccc4c(-c4cc5cccc6oc7cccc4c7c56)c4ccccc34)c(-c3ccccc3)c2)cc1. The minimum atomic E-state index is 0.937. The van der Waals surface area contributed by atoms with Crippen LogP contribution in [0.15, 0.2) is 174 Å². The molecule has 0 saturated carbocycles. The topological polar surface area (TPSA) is 13.1 Å². The van der Waals surface area contributed by atoms with Gasteiger partial charge in [0.2, 0.25) is 0 Å². The molecular weight excluding hydrogens is 569 g/mol. The summed E-state index contributed by atoms with van der Waals surface area (Å²) in [7, 11) is 0. The van der Waals surface area contributed by atoms with Crippen LogP contribution in [0.4, 0.5) is 0 Å². The third-order valence-electron chi connectivity index (χ3n) is 9.83. The second kappa shape index (κ2) is 10.2. The second-order valence-electron chi connectivity index (χ2n) is 12.4. The Balaban J connectivity index is 1.34. The lowest BCUT2D eigenvalue weighted by atomic mass is 9.82. The minimum absolute atomic E-state index is 0.937. The van der Waals surface area contributed by atoms with Crippen molar-refractivity contribution >= 4 is 54.3 Å². The maximum Gasteiger partial charge on any atom is 0.136 e. The van der Waals surface area contributed by atoms with Gasteiger partial charge >= 0.3 is 0 Å². The standard InChI is InChI=1S/C46H28O/c1-3-13-29(14-4-1)31-25-26-38(39(27-31)30-15-5-2-6-16-30)44-33-18-7-9-20-35(33)45(36-21-10-8-19-34(36)44)40-28-32-17-11-23-41-43(32)46-37(40)22-12-24-42(46)47-41/h1-28H. The first-order valence-electron chi connectivity index (χ1n) is 16.2. The number of hydrogen-bond donors (Lipinski definition) is 0. The number of furan rings is 1. The lowest BCUT2D eigenvalue weighted by Crippen LogP contribution is -1.94. The normalized spacial score (nSPS) is 11.8. The second-order valence-corrected chi connectivity index (χ2v) is 12.4. The van der Waals surface area contributed by atoms with Crippen LogP contribution in [0.2, 0.25) is 0 Å². The predicted molar refractivity (Wildman–Crippen MR) is 199 cm³/mol. The number of rotatable bonds is 4. The number of fused-ring (bicyclic) bond motifs is 2. The van der Waals surface area contributed by atoms with E-state index in [-0.39, 0.29) is 0 Å². The molecule has 0 atom stereocenters. The molecule has 0 unspecified atom stereocenters. The molecule has 1 nitrogen and oxygen atoms in total. The van der Waals surface area contributed by atoms with E-state index in [4.69, 9.17) is 4.42 Å². The van der Waals surface area contributed by atoms with Crippen molar-refractivity contribution in [3.05, 3.63) is 170 Å². The van der Waals surface area contributed by atoms with Crippen molar-refractivity contribution in [3.8, 4) is 44.5 Å². The van der Waals surface area contributed by atoms with Crippen molar-refractivity contribution in [2.45, 2.75) is 0 Å². The third kappa shape index (κ3) is 3.90. The van der Waals surface area contributed by atoms with Gasteiger partial charge in [-0.1, -0.05) is 146 Å². The fourth-order valence-electron chi connectivity index (χ4n) is 7.82. The van der Waals surface area contributed by atoms with E-state index >= 15 is 0 Å². The molecule has 10 rings (SSSR count). The van der Waals surface area contributed by atoms with Crippen LogP contribution in [0, 0.1) is 0 Å². The van der Waals surface area contributed by atoms with Gasteiger partial charge in [-0.2, -0.15) is 0 Å². The van der Waals surface area contributed by atoms with E-state index in [1.54, 1.807) is 0 Å². The number of hydrogen-bond acceptors (Lipinski definition) is 1. The minimum Gasteiger partial charge on any atom is -0.456 e. The molecule has 9 aromatic carbocycles. The summed E-state index contributed by atoms with van der Waals surface area (Å²) in [6, 6.07) is 61.6. The van der Waals surface area contributed by atoms with Gasteiger partial charge in [0.05, 0.1) is 0 Å². The zero-order chi connectivity index (χ0) is 30.9. The summed E-state index contributed by atoms with van der Waals surface area (Å²) in [5.74, 6) is 0. The largest absolute Gasteiger partial charge is 0.456 e. The highest BCUT2D eigenvalue weighted by atomic mass is 16.3. The van der Waals surface area contributed by atoms with E-state index in [1.165, 1.54) is 87.6 Å². The molecule has 0 radical (unpaired) electrons. The van der Waals surface area contributed by atoms with Gasteiger partial charge in [-0.25, -0.2) is 0 Å². The summed E-state index contributed by atoms with van der Waals surface area (Å²) in [5, 5.41) is 9.82. The maximum absolute atomic E-state index is 6.35. The molecule has 0 aliphatic rings. The van der Waals surface area contributed by atoms with E-state index in [9.17, 15) is 0 Å². The Morgan fingerprint density at radius 2 is 0.830 bits per heavy atom. The van der Waals surface area contributed by atoms with E-state index in [1.807, 2.05) is 0 Å². The average molecular weight is 597 g/mol. The summed E-state index contributed by atoms with van der Waals surface area (Å²) in [5.41, 5.74) is 11.7. The molecule has 0 aliphatic heterocycles. The smallest absolute Gasteiger partial charge is 0.136 e. The highest BCUT2D eigenvalue weighted by molar-refractivity contribution is 6.30. The Morgan fingerprint density at radius 1 is 0.298 bits per heavy atom. The van der Waals surface area contributed by atoms with E-state index in [0.717, 1.165) is 11.2 Å². The quantitative estimate of drug-likeness (QED) is 0.145. The summed E-state index contributed by atoms with van der Waals surface area (Å²) in [6.07, 6.45) is 0. The average Bonchev–Trinajstić information content (AvgIpc) is 3.54. The van der Waals surface area contributed by atoms with Gasteiger partial charge in [-0.05, 0) is 101 Å². The molecule has 47 heavy (non-hydrogen) atoms. The zero-order valence-electron chi connectivity index (χ0n) is 25.6. The van der Waals surface area contributed by atoms with Gasteiger partial charge in [0.25, 0.3) is 0 Å². The molecule has 1 aromatic heterocycles. The fourth-order valence-corrected chi connectivity index (χ4v) is 7.82. The van der Waals surface area contributed by atoms with Crippen LogP contribution in [0.25, 0.3) is 98.8 Å². The Bertz CT molecular complexity index is 2710. The van der Waals surface area contributed by atoms with Gasteiger partial charge in [-0.3, -0.25) is 0 Å². The van der Waals surface area contributed by atoms with Crippen LogP contribution in [0.1, 0.15) is 0 Å². The molecule has 1 heterocycles. The highest BCUT2D eigenvalue weighted by Crippen LogP contribution is 2.49.